The van der Waals surface area contributed by atoms with Crippen molar-refractivity contribution in [2.24, 2.45) is 0 Å². The molecule has 0 spiro atoms. The van der Waals surface area contributed by atoms with E-state index in [-0.39, 0.29) is 18.2 Å². The lowest BCUT2D eigenvalue weighted by atomic mass is 9.98. The van der Waals surface area contributed by atoms with Crippen molar-refractivity contribution >= 4 is 34.4 Å². The number of ether oxygens (including phenoxy) is 1. The average Bonchev–Trinajstić information content (AvgIpc) is 3.05. The van der Waals surface area contributed by atoms with Crippen molar-refractivity contribution in [3.63, 3.8) is 0 Å². The average molecular weight is 632 g/mol. The van der Waals surface area contributed by atoms with Crippen molar-refractivity contribution in [1.29, 1.82) is 0 Å². The molecule has 4 aromatic carbocycles. The first-order chi connectivity index (χ1) is 22.6. The zero-order chi connectivity index (χ0) is 33.8. The largest absolute Gasteiger partial charge is 0.444 e. The van der Waals surface area contributed by atoms with E-state index >= 15 is 0 Å². The van der Waals surface area contributed by atoms with Crippen LogP contribution in [0.2, 0.25) is 0 Å². The molecular formula is C40H45N3O4. The first-order valence-corrected chi connectivity index (χ1v) is 16.3. The lowest BCUT2D eigenvalue weighted by Crippen LogP contribution is -2.53. The maximum atomic E-state index is 14.7. The van der Waals surface area contributed by atoms with Gasteiger partial charge in [-0.2, -0.15) is 0 Å². The molecule has 0 saturated heterocycles. The summed E-state index contributed by atoms with van der Waals surface area (Å²) in [5.41, 5.74) is 2.00. The van der Waals surface area contributed by atoms with Gasteiger partial charge in [0.25, 0.3) is 5.91 Å². The normalized spacial score (nSPS) is 12.4. The summed E-state index contributed by atoms with van der Waals surface area (Å²) in [6.45, 7) is 7.75. The minimum atomic E-state index is -0.999. The van der Waals surface area contributed by atoms with E-state index in [9.17, 15) is 14.4 Å². The highest BCUT2D eigenvalue weighted by atomic mass is 16.6. The van der Waals surface area contributed by atoms with E-state index in [1.807, 2.05) is 72.8 Å². The Balaban J connectivity index is 1.75. The van der Waals surface area contributed by atoms with Crippen LogP contribution in [0.3, 0.4) is 0 Å². The van der Waals surface area contributed by atoms with Crippen molar-refractivity contribution in [1.82, 2.24) is 10.2 Å². The fourth-order valence-electron chi connectivity index (χ4n) is 5.49. The maximum Gasteiger partial charge on any atom is 0.408 e. The summed E-state index contributed by atoms with van der Waals surface area (Å²) in [6.07, 6.45) is 8.75. The molecule has 0 saturated carbocycles. The third kappa shape index (κ3) is 10.2. The lowest BCUT2D eigenvalue weighted by molar-refractivity contribution is -0.140. The predicted molar refractivity (Wildman–Crippen MR) is 189 cm³/mol. The van der Waals surface area contributed by atoms with E-state index in [1.54, 1.807) is 49.9 Å². The molecule has 2 atom stereocenters. The third-order valence-electron chi connectivity index (χ3n) is 7.78. The molecule has 2 N–H and O–H groups in total. The van der Waals surface area contributed by atoms with Crippen LogP contribution in [-0.4, -0.2) is 41.0 Å². The summed E-state index contributed by atoms with van der Waals surface area (Å²) < 4.78 is 5.56. The number of unbranched alkanes of at least 4 members (excludes halogenated alkanes) is 3. The van der Waals surface area contributed by atoms with Crippen LogP contribution in [0.4, 0.5) is 10.5 Å². The SMILES string of the molecule is C#Cc1ccc(C(C(=O)Nc2ccc3ccccc3c2)N(CCCCCC)C(=O)C(Cc2ccccc2)NC(=O)OC(C)(C)C)cc1. The van der Waals surface area contributed by atoms with Crippen LogP contribution in [0.25, 0.3) is 10.8 Å². The number of hydrogen-bond donors (Lipinski definition) is 2. The highest BCUT2D eigenvalue weighted by Gasteiger charge is 2.36. The van der Waals surface area contributed by atoms with Crippen LogP contribution in [-0.2, 0) is 20.7 Å². The Morgan fingerprint density at radius 2 is 1.53 bits per heavy atom. The standard InChI is InChI=1S/C40H45N3O4/c1-6-8-9-15-26-43(38(45)35(27-30-16-11-10-12-17-30)42-39(46)47-40(3,4)5)36(32-22-20-29(7-2)21-23-32)37(44)41-34-25-24-31-18-13-14-19-33(31)28-34/h2,10-14,16-25,28,35-36H,6,8-9,15,26-27H2,1,3-5H3,(H,41,44)(H,42,46). The number of carbonyl (C=O) groups excluding carboxylic acids is 3. The Hall–Kier alpha value is -5.09. The van der Waals surface area contributed by atoms with Gasteiger partial charge in [0.1, 0.15) is 17.7 Å². The smallest absolute Gasteiger partial charge is 0.408 e. The highest BCUT2D eigenvalue weighted by Crippen LogP contribution is 2.27. The number of benzene rings is 4. The summed E-state index contributed by atoms with van der Waals surface area (Å²) in [5.74, 6) is 1.88. The number of amides is 3. The molecule has 4 aromatic rings. The second-order valence-electron chi connectivity index (χ2n) is 12.7. The predicted octanol–water partition coefficient (Wildman–Crippen LogP) is 8.05. The zero-order valence-corrected chi connectivity index (χ0v) is 27.8. The number of anilines is 1. The summed E-state index contributed by atoms with van der Waals surface area (Å²) in [4.78, 5) is 43.8. The molecule has 0 bridgehead atoms. The number of nitrogens with one attached hydrogen (secondary N) is 2. The maximum absolute atomic E-state index is 14.7. The summed E-state index contributed by atoms with van der Waals surface area (Å²) in [5, 5.41) is 7.94. The van der Waals surface area contributed by atoms with Crippen molar-refractivity contribution in [3.05, 3.63) is 114 Å². The highest BCUT2D eigenvalue weighted by molar-refractivity contribution is 6.00. The Morgan fingerprint density at radius 3 is 2.19 bits per heavy atom. The van der Waals surface area contributed by atoms with Crippen LogP contribution in [0, 0.1) is 12.3 Å². The molecule has 7 heteroatoms. The molecule has 2 unspecified atom stereocenters. The molecule has 7 nitrogen and oxygen atoms in total. The van der Waals surface area contributed by atoms with Crippen molar-refractivity contribution < 1.29 is 19.1 Å². The van der Waals surface area contributed by atoms with Crippen LogP contribution in [0.5, 0.6) is 0 Å². The molecule has 0 aliphatic heterocycles. The van der Waals surface area contributed by atoms with Gasteiger partial charge < -0.3 is 20.3 Å². The Labute approximate surface area is 278 Å². The van der Waals surface area contributed by atoms with Crippen LogP contribution < -0.4 is 10.6 Å². The van der Waals surface area contributed by atoms with Gasteiger partial charge in [0.2, 0.25) is 5.91 Å². The number of alkyl carbamates (subject to hydrolysis) is 1. The monoisotopic (exact) mass is 631 g/mol. The van der Waals surface area contributed by atoms with Gasteiger partial charge in [-0.3, -0.25) is 9.59 Å². The quantitative estimate of drug-likeness (QED) is 0.115. The van der Waals surface area contributed by atoms with Gasteiger partial charge in [-0.15, -0.1) is 6.42 Å². The fourth-order valence-corrected chi connectivity index (χ4v) is 5.49. The first-order valence-electron chi connectivity index (χ1n) is 16.3. The Bertz CT molecular complexity index is 1690. The molecule has 0 aliphatic rings. The van der Waals surface area contributed by atoms with Gasteiger partial charge in [0.05, 0.1) is 0 Å². The van der Waals surface area contributed by atoms with E-state index in [2.05, 4.69) is 23.5 Å². The number of rotatable bonds is 13. The van der Waals surface area contributed by atoms with Gasteiger partial charge in [-0.05, 0) is 73.4 Å². The summed E-state index contributed by atoms with van der Waals surface area (Å²) in [6, 6.07) is 28.3. The Morgan fingerprint density at radius 1 is 0.851 bits per heavy atom. The molecule has 244 valence electrons. The van der Waals surface area contributed by atoms with E-state index in [4.69, 9.17) is 11.2 Å². The van der Waals surface area contributed by atoms with Gasteiger partial charge >= 0.3 is 6.09 Å². The second-order valence-corrected chi connectivity index (χ2v) is 12.7. The third-order valence-corrected chi connectivity index (χ3v) is 7.78. The van der Waals surface area contributed by atoms with E-state index in [1.165, 1.54) is 0 Å². The topological polar surface area (TPSA) is 87.7 Å². The molecule has 0 radical (unpaired) electrons. The van der Waals surface area contributed by atoms with Crippen LogP contribution >= 0.6 is 0 Å². The minimum Gasteiger partial charge on any atom is -0.444 e. The molecule has 0 fully saturated rings. The molecule has 0 aromatic heterocycles. The molecule has 47 heavy (non-hydrogen) atoms. The van der Waals surface area contributed by atoms with Crippen LogP contribution in [0.1, 0.15) is 76.1 Å². The number of terminal acetylenes is 1. The zero-order valence-electron chi connectivity index (χ0n) is 27.8. The van der Waals surface area contributed by atoms with Crippen molar-refractivity contribution in [2.45, 2.75) is 77.5 Å². The van der Waals surface area contributed by atoms with Gasteiger partial charge in [-0.1, -0.05) is 105 Å². The molecule has 0 aliphatic carbocycles. The lowest BCUT2D eigenvalue weighted by Gasteiger charge is -2.35. The number of fused-ring (bicyclic) bond motifs is 1. The molecule has 0 heterocycles. The number of carbonyl (C=O) groups is 3. The van der Waals surface area contributed by atoms with Crippen molar-refractivity contribution in [2.75, 3.05) is 11.9 Å². The minimum absolute atomic E-state index is 0.222. The fraction of sp³-hybridized carbons (Fsp3) is 0.325. The molecule has 3 amide bonds. The van der Waals surface area contributed by atoms with E-state index < -0.39 is 23.8 Å². The first kappa shape index (κ1) is 34.8. The van der Waals surface area contributed by atoms with E-state index in [0.717, 1.165) is 35.6 Å². The van der Waals surface area contributed by atoms with E-state index in [0.29, 0.717) is 29.8 Å². The molecular weight excluding hydrogens is 586 g/mol. The van der Waals surface area contributed by atoms with Crippen LogP contribution in [0.15, 0.2) is 97.1 Å². The number of nitrogens with zero attached hydrogens (tertiary/aromatic N) is 1. The van der Waals surface area contributed by atoms with Gasteiger partial charge in [0, 0.05) is 24.2 Å². The number of hydrogen-bond acceptors (Lipinski definition) is 4. The second kappa shape index (κ2) is 16.5. The van der Waals surface area contributed by atoms with Gasteiger partial charge in [-0.25, -0.2) is 4.79 Å². The Kier molecular flexibility index (Phi) is 12.2. The summed E-state index contributed by atoms with van der Waals surface area (Å²) in [7, 11) is 0. The van der Waals surface area contributed by atoms with Gasteiger partial charge in [0.15, 0.2) is 0 Å². The molecule has 4 rings (SSSR count). The summed E-state index contributed by atoms with van der Waals surface area (Å²) >= 11 is 0. The van der Waals surface area contributed by atoms with Crippen molar-refractivity contribution in [3.8, 4) is 12.3 Å².